The van der Waals surface area contributed by atoms with Gasteiger partial charge in [-0.15, -0.1) is 0 Å². The van der Waals surface area contributed by atoms with E-state index >= 15 is 0 Å². The van der Waals surface area contributed by atoms with Crippen molar-refractivity contribution >= 4 is 53.1 Å². The van der Waals surface area contributed by atoms with E-state index in [1.807, 2.05) is 0 Å². The summed E-state index contributed by atoms with van der Waals surface area (Å²) >= 11 is 0. The molecule has 12 nitrogen and oxygen atoms in total. The van der Waals surface area contributed by atoms with Crippen LogP contribution in [0.5, 0.6) is 0 Å². The van der Waals surface area contributed by atoms with Crippen LogP contribution in [-0.2, 0) is 28.7 Å². The Hall–Kier alpha value is -5.78. The lowest BCUT2D eigenvalue weighted by Gasteiger charge is -2.29. The molecule has 0 heterocycles. The van der Waals surface area contributed by atoms with E-state index in [-0.39, 0.29) is 22.5 Å². The highest BCUT2D eigenvalue weighted by Gasteiger charge is 2.35. The molecule has 3 aromatic rings. The minimum absolute atomic E-state index is 0.180. The zero-order chi connectivity index (χ0) is 35.8. The van der Waals surface area contributed by atoms with E-state index in [1.54, 1.807) is 71.9 Å². The number of carboxylic acids is 2. The predicted octanol–water partition coefficient (Wildman–Crippen LogP) is 5.63. The average Bonchev–Trinajstić information content (AvgIpc) is 3.03. The Kier molecular flexibility index (Phi) is 11.6. The number of carbonyl (C=O) groups excluding carboxylic acids is 4. The molecule has 0 aromatic heterocycles. The van der Waals surface area contributed by atoms with E-state index in [1.165, 1.54) is 54.6 Å². The SMILES string of the molecule is CC(C)(C)C(=O)OCN(C(=O)C(=Cc1ccccc1)C(=O)N(COC(=O)C(C)(C)C)c1ccccc1C(=O)O)c1ccccc1C(=O)O. The number of amides is 2. The molecule has 48 heavy (non-hydrogen) atoms. The Morgan fingerprint density at radius 3 is 1.29 bits per heavy atom. The van der Waals surface area contributed by atoms with Crippen molar-refractivity contribution in [3.8, 4) is 0 Å². The monoisotopic (exact) mass is 658 g/mol. The lowest BCUT2D eigenvalue weighted by atomic mass is 9.97. The first-order chi connectivity index (χ1) is 22.4. The molecule has 0 atom stereocenters. The first-order valence-corrected chi connectivity index (χ1v) is 14.8. The van der Waals surface area contributed by atoms with Gasteiger partial charge in [0, 0.05) is 0 Å². The molecule has 0 aliphatic carbocycles. The maximum atomic E-state index is 14.6. The predicted molar refractivity (Wildman–Crippen MR) is 177 cm³/mol. The third-order valence-electron chi connectivity index (χ3n) is 6.79. The minimum atomic E-state index is -1.39. The van der Waals surface area contributed by atoms with E-state index in [9.17, 15) is 39.0 Å². The molecule has 252 valence electrons. The number of para-hydroxylation sites is 2. The number of hydrogen-bond donors (Lipinski definition) is 2. The second-order valence-corrected chi connectivity index (χ2v) is 12.7. The third kappa shape index (κ3) is 9.15. The summed E-state index contributed by atoms with van der Waals surface area (Å²) in [6.07, 6.45) is 1.23. The van der Waals surface area contributed by atoms with Crippen molar-refractivity contribution in [1.82, 2.24) is 0 Å². The van der Waals surface area contributed by atoms with Crippen LogP contribution in [0.4, 0.5) is 11.4 Å². The lowest BCUT2D eigenvalue weighted by Crippen LogP contribution is -2.44. The maximum Gasteiger partial charge on any atom is 0.337 e. The number of benzene rings is 3. The van der Waals surface area contributed by atoms with Gasteiger partial charge in [0.2, 0.25) is 0 Å². The fraction of sp³-hybridized carbons (Fsp3) is 0.278. The average molecular weight is 659 g/mol. The standard InChI is InChI=1S/C36H38N2O10/c1-35(2,3)33(45)47-21-37(27-18-12-10-16-24(27)31(41)42)29(39)26(20-23-14-8-7-9-15-23)30(40)38(22-48-34(46)36(4,5)6)28-19-13-11-17-25(28)32(43)44/h7-20H,21-22H2,1-6H3,(H,41,42)(H,43,44). The Bertz CT molecular complexity index is 1630. The number of rotatable bonds is 11. The smallest absolute Gasteiger partial charge is 0.337 e. The van der Waals surface area contributed by atoms with Gasteiger partial charge in [0.15, 0.2) is 13.5 Å². The number of anilines is 2. The maximum absolute atomic E-state index is 14.6. The summed E-state index contributed by atoms with van der Waals surface area (Å²) in [5.74, 6) is -6.37. The molecule has 3 aromatic carbocycles. The van der Waals surface area contributed by atoms with E-state index < -0.39 is 65.6 Å². The van der Waals surface area contributed by atoms with Crippen LogP contribution in [0.2, 0.25) is 0 Å². The molecule has 2 amide bonds. The molecule has 0 saturated heterocycles. The molecule has 0 aliphatic heterocycles. The quantitative estimate of drug-likeness (QED) is 0.0867. The first-order valence-electron chi connectivity index (χ1n) is 14.8. The molecule has 0 saturated carbocycles. The summed E-state index contributed by atoms with van der Waals surface area (Å²) in [7, 11) is 0. The van der Waals surface area contributed by atoms with E-state index in [0.717, 1.165) is 9.80 Å². The van der Waals surface area contributed by atoms with Crippen molar-refractivity contribution < 1.29 is 48.5 Å². The Labute approximate surface area is 278 Å². The van der Waals surface area contributed by atoms with E-state index in [4.69, 9.17) is 9.47 Å². The molecule has 0 aliphatic rings. The fourth-order valence-corrected chi connectivity index (χ4v) is 4.16. The number of hydrogen-bond acceptors (Lipinski definition) is 8. The van der Waals surface area contributed by atoms with Crippen LogP contribution in [0.15, 0.2) is 84.4 Å². The molecule has 0 bridgehead atoms. The lowest BCUT2D eigenvalue weighted by molar-refractivity contribution is -0.153. The van der Waals surface area contributed by atoms with E-state index in [2.05, 4.69) is 0 Å². The molecule has 0 spiro atoms. The highest BCUT2D eigenvalue weighted by molar-refractivity contribution is 6.30. The summed E-state index contributed by atoms with van der Waals surface area (Å²) in [4.78, 5) is 80.9. The zero-order valence-electron chi connectivity index (χ0n) is 27.6. The van der Waals surface area contributed by atoms with Gasteiger partial charge in [-0.1, -0.05) is 54.6 Å². The van der Waals surface area contributed by atoms with Gasteiger partial charge in [0.05, 0.1) is 33.3 Å². The van der Waals surface area contributed by atoms with Crippen molar-refractivity contribution in [2.45, 2.75) is 41.5 Å². The van der Waals surface area contributed by atoms with Crippen LogP contribution in [-0.4, -0.2) is 59.4 Å². The molecule has 0 radical (unpaired) electrons. The number of nitrogens with zero attached hydrogens (tertiary/aromatic N) is 2. The first kappa shape index (κ1) is 36.7. The largest absolute Gasteiger partial charge is 0.478 e. The van der Waals surface area contributed by atoms with Crippen LogP contribution in [0.3, 0.4) is 0 Å². The van der Waals surface area contributed by atoms with Gasteiger partial charge in [-0.25, -0.2) is 9.59 Å². The van der Waals surface area contributed by atoms with Crippen LogP contribution < -0.4 is 9.80 Å². The van der Waals surface area contributed by atoms with Crippen molar-refractivity contribution in [1.29, 1.82) is 0 Å². The summed E-state index contributed by atoms with van der Waals surface area (Å²) in [5.41, 5.74) is -3.19. The van der Waals surface area contributed by atoms with Gasteiger partial charge < -0.3 is 19.7 Å². The van der Waals surface area contributed by atoms with Crippen LogP contribution in [0.25, 0.3) is 6.08 Å². The van der Waals surface area contributed by atoms with E-state index in [0.29, 0.717) is 5.56 Å². The summed E-state index contributed by atoms with van der Waals surface area (Å²) in [6, 6.07) is 19.2. The summed E-state index contributed by atoms with van der Waals surface area (Å²) in [6.45, 7) is 8.00. The zero-order valence-corrected chi connectivity index (χ0v) is 27.6. The van der Waals surface area contributed by atoms with Crippen LogP contribution >= 0.6 is 0 Å². The molecule has 0 unspecified atom stereocenters. The van der Waals surface area contributed by atoms with Crippen LogP contribution in [0, 0.1) is 10.8 Å². The molecule has 12 heteroatoms. The van der Waals surface area contributed by atoms with Crippen molar-refractivity contribution in [3.05, 3.63) is 101 Å². The van der Waals surface area contributed by atoms with Gasteiger partial charge in [-0.05, 0) is 77.4 Å². The molecular formula is C36H38N2O10. The highest BCUT2D eigenvalue weighted by atomic mass is 16.6. The molecular weight excluding hydrogens is 620 g/mol. The van der Waals surface area contributed by atoms with Crippen LogP contribution in [0.1, 0.15) is 67.8 Å². The molecule has 3 rings (SSSR count). The molecule has 2 N–H and O–H groups in total. The number of esters is 2. The number of carbonyl (C=O) groups is 6. The third-order valence-corrected chi connectivity index (χ3v) is 6.79. The Morgan fingerprint density at radius 2 is 0.938 bits per heavy atom. The van der Waals surface area contributed by atoms with Crippen molar-refractivity contribution in [3.63, 3.8) is 0 Å². The second-order valence-electron chi connectivity index (χ2n) is 12.7. The van der Waals surface area contributed by atoms with Gasteiger partial charge in [-0.2, -0.15) is 0 Å². The normalized spacial score (nSPS) is 11.1. The van der Waals surface area contributed by atoms with Crippen molar-refractivity contribution in [2.24, 2.45) is 10.8 Å². The number of carboxylic acid groups (broad SMARTS) is 2. The Balaban J connectivity index is 2.27. The molecule has 0 fully saturated rings. The van der Waals surface area contributed by atoms with Gasteiger partial charge in [0.1, 0.15) is 5.57 Å². The number of ether oxygens (including phenoxy) is 2. The highest BCUT2D eigenvalue weighted by Crippen LogP contribution is 2.28. The second kappa shape index (κ2) is 15.2. The van der Waals surface area contributed by atoms with Crippen molar-refractivity contribution in [2.75, 3.05) is 23.3 Å². The van der Waals surface area contributed by atoms with Gasteiger partial charge in [-0.3, -0.25) is 29.0 Å². The van der Waals surface area contributed by atoms with Gasteiger partial charge in [0.25, 0.3) is 11.8 Å². The minimum Gasteiger partial charge on any atom is -0.478 e. The number of aromatic carboxylic acids is 2. The summed E-state index contributed by atoms with van der Waals surface area (Å²) in [5, 5.41) is 19.9. The summed E-state index contributed by atoms with van der Waals surface area (Å²) < 4.78 is 10.9. The Morgan fingerprint density at radius 1 is 0.583 bits per heavy atom. The topological polar surface area (TPSA) is 168 Å². The van der Waals surface area contributed by atoms with Gasteiger partial charge >= 0.3 is 23.9 Å². The fourth-order valence-electron chi connectivity index (χ4n) is 4.16.